The van der Waals surface area contributed by atoms with Crippen LogP contribution in [-0.2, 0) is 4.79 Å². The number of nitriles is 1. The maximum atomic E-state index is 12.1. The van der Waals surface area contributed by atoms with Crippen molar-refractivity contribution in [2.75, 3.05) is 12.4 Å². The molecule has 0 aliphatic heterocycles. The first-order chi connectivity index (χ1) is 11.4. The van der Waals surface area contributed by atoms with E-state index in [0.717, 1.165) is 10.4 Å². The Bertz CT molecular complexity index is 866. The highest BCUT2D eigenvalue weighted by Gasteiger charge is 2.14. The third-order valence-corrected chi connectivity index (χ3v) is 5.01. The molecule has 1 amide bonds. The molecule has 124 valence electrons. The van der Waals surface area contributed by atoms with Crippen LogP contribution in [0.25, 0.3) is 6.08 Å². The average molecular weight is 381 g/mol. The number of aryl methyl sites for hydroxylation is 1. The largest absolute Gasteiger partial charge is 0.495 e. The number of hydrogen-bond donors (Lipinski definition) is 1. The van der Waals surface area contributed by atoms with Crippen LogP contribution in [0.2, 0.25) is 10.0 Å². The average Bonchev–Trinajstić information content (AvgIpc) is 2.78. The molecule has 0 aliphatic carbocycles. The minimum absolute atomic E-state index is 0.356. The van der Waals surface area contributed by atoms with Crippen LogP contribution in [0.1, 0.15) is 21.6 Å². The number of ether oxygens (including phenoxy) is 1. The lowest BCUT2D eigenvalue weighted by molar-refractivity contribution is -0.111. The van der Waals surface area contributed by atoms with Gasteiger partial charge in [-0.3, -0.25) is 4.79 Å². The normalized spacial score (nSPS) is 10.7. The number of methoxy groups -OCH3 is 1. The van der Waals surface area contributed by atoms with Crippen molar-refractivity contribution in [1.82, 2.24) is 0 Å². The number of benzene rings is 1. The zero-order chi connectivity index (χ0) is 17.9. The van der Waals surface area contributed by atoms with E-state index in [2.05, 4.69) is 11.4 Å². The van der Waals surface area contributed by atoms with Crippen molar-refractivity contribution in [2.24, 2.45) is 0 Å². The number of carbonyl (C=O) groups excluding carboxylic acids is 1. The zero-order valence-electron chi connectivity index (χ0n) is 13.2. The van der Waals surface area contributed by atoms with E-state index in [0.29, 0.717) is 31.9 Å². The Kier molecular flexibility index (Phi) is 5.89. The number of nitrogens with one attached hydrogen (secondary N) is 1. The standard InChI is InChI=1S/C17H14Cl2N2O2S/c1-9-10(2)24-17(13(9)8-20)21-15(22)5-4-11-6-12(18)7-14(19)16(11)23-3/h4-7H,1-3H3,(H,21,22). The summed E-state index contributed by atoms with van der Waals surface area (Å²) in [5.41, 5.74) is 1.96. The number of hydrogen-bond acceptors (Lipinski definition) is 4. The van der Waals surface area contributed by atoms with Crippen molar-refractivity contribution in [3.8, 4) is 11.8 Å². The van der Waals surface area contributed by atoms with Gasteiger partial charge in [0.2, 0.25) is 5.91 Å². The lowest BCUT2D eigenvalue weighted by Crippen LogP contribution is -2.07. The summed E-state index contributed by atoms with van der Waals surface area (Å²) in [7, 11) is 1.49. The highest BCUT2D eigenvalue weighted by molar-refractivity contribution is 7.16. The van der Waals surface area contributed by atoms with Crippen LogP contribution in [0, 0.1) is 25.2 Å². The second-order valence-corrected chi connectivity index (χ2v) is 7.00. The summed E-state index contributed by atoms with van der Waals surface area (Å²) in [5, 5.41) is 13.3. The summed E-state index contributed by atoms with van der Waals surface area (Å²) in [4.78, 5) is 13.1. The van der Waals surface area contributed by atoms with E-state index < -0.39 is 0 Å². The zero-order valence-corrected chi connectivity index (χ0v) is 15.6. The Morgan fingerprint density at radius 1 is 1.38 bits per heavy atom. The summed E-state index contributed by atoms with van der Waals surface area (Å²) in [6, 6.07) is 5.33. The predicted octanol–water partition coefficient (Wildman–Crippen LogP) is 5.20. The van der Waals surface area contributed by atoms with Gasteiger partial charge in [-0.2, -0.15) is 5.26 Å². The second kappa shape index (κ2) is 7.71. The molecule has 0 fully saturated rings. The highest BCUT2D eigenvalue weighted by Crippen LogP contribution is 2.33. The monoisotopic (exact) mass is 380 g/mol. The van der Waals surface area contributed by atoms with Gasteiger partial charge in [-0.25, -0.2) is 0 Å². The van der Waals surface area contributed by atoms with Crippen LogP contribution in [0.4, 0.5) is 5.00 Å². The second-order valence-electron chi connectivity index (χ2n) is 4.93. The van der Waals surface area contributed by atoms with Crippen molar-refractivity contribution in [2.45, 2.75) is 13.8 Å². The van der Waals surface area contributed by atoms with E-state index in [4.69, 9.17) is 27.9 Å². The number of halogens is 2. The van der Waals surface area contributed by atoms with Crippen molar-refractivity contribution < 1.29 is 9.53 Å². The molecule has 7 heteroatoms. The summed E-state index contributed by atoms with van der Waals surface area (Å²) in [6.07, 6.45) is 2.90. The SMILES string of the molecule is COc1c(Cl)cc(Cl)cc1C=CC(=O)Nc1sc(C)c(C)c1C#N. The number of thiophene rings is 1. The summed E-state index contributed by atoms with van der Waals surface area (Å²) < 4.78 is 5.22. The van der Waals surface area contributed by atoms with E-state index >= 15 is 0 Å². The summed E-state index contributed by atoms with van der Waals surface area (Å²) >= 11 is 13.4. The molecule has 1 heterocycles. The Labute approximate surface area is 154 Å². The van der Waals surface area contributed by atoms with Crippen LogP contribution in [0.15, 0.2) is 18.2 Å². The molecule has 2 aromatic rings. The van der Waals surface area contributed by atoms with Gasteiger partial charge in [0.1, 0.15) is 16.8 Å². The fourth-order valence-electron chi connectivity index (χ4n) is 2.09. The van der Waals surface area contributed by atoms with Crippen LogP contribution in [0.3, 0.4) is 0 Å². The molecule has 2 rings (SSSR count). The van der Waals surface area contributed by atoms with Gasteiger partial charge in [0.25, 0.3) is 0 Å². The van der Waals surface area contributed by atoms with Crippen molar-refractivity contribution >= 4 is 51.5 Å². The van der Waals surface area contributed by atoms with Gasteiger partial charge in [-0.1, -0.05) is 23.2 Å². The molecule has 0 spiro atoms. The minimum Gasteiger partial charge on any atom is -0.495 e. The maximum absolute atomic E-state index is 12.1. The number of amides is 1. The van der Waals surface area contributed by atoms with Crippen LogP contribution < -0.4 is 10.1 Å². The molecule has 1 N–H and O–H groups in total. The van der Waals surface area contributed by atoms with E-state index in [9.17, 15) is 10.1 Å². The maximum Gasteiger partial charge on any atom is 0.249 e. The molecular weight excluding hydrogens is 367 g/mol. The highest BCUT2D eigenvalue weighted by atomic mass is 35.5. The quantitative estimate of drug-likeness (QED) is 0.740. The molecule has 4 nitrogen and oxygen atoms in total. The van der Waals surface area contributed by atoms with E-state index in [-0.39, 0.29) is 5.91 Å². The van der Waals surface area contributed by atoms with Crippen LogP contribution in [0.5, 0.6) is 5.75 Å². The van der Waals surface area contributed by atoms with Gasteiger partial charge in [0.15, 0.2) is 0 Å². The van der Waals surface area contributed by atoms with Gasteiger partial charge in [-0.15, -0.1) is 11.3 Å². The van der Waals surface area contributed by atoms with E-state index in [1.165, 1.54) is 24.5 Å². The Hall–Kier alpha value is -2.00. The van der Waals surface area contributed by atoms with Crippen LogP contribution in [-0.4, -0.2) is 13.0 Å². The van der Waals surface area contributed by atoms with Gasteiger partial charge in [-0.05, 0) is 37.6 Å². The molecule has 0 aliphatic rings. The predicted molar refractivity (Wildman–Crippen MR) is 99.2 cm³/mol. The Balaban J connectivity index is 2.24. The number of carbonyl (C=O) groups is 1. The van der Waals surface area contributed by atoms with E-state index in [1.807, 2.05) is 13.8 Å². The first kappa shape index (κ1) is 18.3. The van der Waals surface area contributed by atoms with Gasteiger partial charge < -0.3 is 10.1 Å². The van der Waals surface area contributed by atoms with Crippen molar-refractivity contribution in [1.29, 1.82) is 5.26 Å². The Morgan fingerprint density at radius 2 is 2.08 bits per heavy atom. The first-order valence-electron chi connectivity index (χ1n) is 6.89. The molecule has 0 bridgehead atoms. The fourth-order valence-corrected chi connectivity index (χ4v) is 3.69. The topological polar surface area (TPSA) is 62.1 Å². The van der Waals surface area contributed by atoms with Gasteiger partial charge in [0, 0.05) is 21.5 Å². The molecule has 1 aromatic carbocycles. The molecule has 24 heavy (non-hydrogen) atoms. The molecule has 1 aromatic heterocycles. The number of nitrogens with zero attached hydrogens (tertiary/aromatic N) is 1. The third-order valence-electron chi connectivity index (χ3n) is 3.39. The molecule has 0 radical (unpaired) electrons. The summed E-state index contributed by atoms with van der Waals surface area (Å²) in [6.45, 7) is 3.76. The smallest absolute Gasteiger partial charge is 0.249 e. The van der Waals surface area contributed by atoms with Crippen LogP contribution >= 0.6 is 34.5 Å². The molecular formula is C17H14Cl2N2O2S. The van der Waals surface area contributed by atoms with Gasteiger partial charge in [0.05, 0.1) is 17.7 Å². The minimum atomic E-state index is -0.356. The molecule has 0 saturated heterocycles. The summed E-state index contributed by atoms with van der Waals surface area (Å²) in [5.74, 6) is 0.0801. The molecule has 0 atom stereocenters. The number of anilines is 1. The lowest BCUT2D eigenvalue weighted by atomic mass is 10.1. The molecule has 0 unspecified atom stereocenters. The van der Waals surface area contributed by atoms with E-state index in [1.54, 1.807) is 18.2 Å². The van der Waals surface area contributed by atoms with Crippen molar-refractivity contribution in [3.05, 3.63) is 49.8 Å². The Morgan fingerprint density at radius 3 is 2.71 bits per heavy atom. The fraction of sp³-hybridized carbons (Fsp3) is 0.176. The van der Waals surface area contributed by atoms with Crippen molar-refractivity contribution in [3.63, 3.8) is 0 Å². The number of rotatable bonds is 4. The third kappa shape index (κ3) is 3.90. The first-order valence-corrected chi connectivity index (χ1v) is 8.46. The molecule has 0 saturated carbocycles. The van der Waals surface area contributed by atoms with Gasteiger partial charge >= 0.3 is 0 Å². The lowest BCUT2D eigenvalue weighted by Gasteiger charge is -2.07.